The van der Waals surface area contributed by atoms with Crippen LogP contribution in [-0.4, -0.2) is 63.7 Å². The molecule has 2 rings (SSSR count). The number of nitrogens with zero attached hydrogens (tertiary/aromatic N) is 2. The zero-order valence-corrected chi connectivity index (χ0v) is 15.8. The summed E-state index contributed by atoms with van der Waals surface area (Å²) in [4.78, 5) is 47.8. The van der Waals surface area contributed by atoms with Crippen molar-refractivity contribution >= 4 is 23.5 Å². The Kier molecular flexibility index (Phi) is 6.34. The van der Waals surface area contributed by atoms with Crippen molar-refractivity contribution in [2.75, 3.05) is 13.2 Å². The number of carbonyl (C=O) groups is 3. The molecule has 152 valence electrons. The summed E-state index contributed by atoms with van der Waals surface area (Å²) in [6.07, 6.45) is -1.69. The number of aliphatic hydroxyl groups excluding tert-OH is 1. The SMILES string of the molecule is CC(C)(C)OC(=O)N1C[C@@H](O)C[C@H]1C(=O)OCC(=O)c1ccc([N+](=O)[O-])cc1. The van der Waals surface area contributed by atoms with Gasteiger partial charge in [0, 0.05) is 24.1 Å². The van der Waals surface area contributed by atoms with E-state index in [4.69, 9.17) is 9.47 Å². The number of ether oxygens (including phenoxy) is 2. The second-order valence-corrected chi connectivity index (χ2v) is 7.37. The van der Waals surface area contributed by atoms with Crippen LogP contribution in [0.3, 0.4) is 0 Å². The van der Waals surface area contributed by atoms with Gasteiger partial charge in [0.1, 0.15) is 11.6 Å². The number of amides is 1. The summed E-state index contributed by atoms with van der Waals surface area (Å²) in [5.74, 6) is -1.39. The third-order valence-corrected chi connectivity index (χ3v) is 3.92. The lowest BCUT2D eigenvalue weighted by molar-refractivity contribution is -0.384. The number of β-amino-alcohol motifs (C(OH)–C–C–N with tert-alkyl or cyclic N) is 1. The first kappa shape index (κ1) is 21.3. The largest absolute Gasteiger partial charge is 0.456 e. The Balaban J connectivity index is 1.97. The number of non-ortho nitro benzene ring substituents is 1. The summed E-state index contributed by atoms with van der Waals surface area (Å²) in [7, 11) is 0. The predicted molar refractivity (Wildman–Crippen MR) is 95.7 cm³/mol. The van der Waals surface area contributed by atoms with E-state index in [0.29, 0.717) is 0 Å². The molecule has 0 unspecified atom stereocenters. The first-order chi connectivity index (χ1) is 13.0. The number of hydrogen-bond acceptors (Lipinski definition) is 8. The summed E-state index contributed by atoms with van der Waals surface area (Å²) in [5, 5.41) is 20.4. The molecule has 2 atom stereocenters. The molecule has 1 amide bonds. The Morgan fingerprint density at radius 3 is 2.39 bits per heavy atom. The minimum Gasteiger partial charge on any atom is -0.456 e. The van der Waals surface area contributed by atoms with Gasteiger partial charge >= 0.3 is 12.1 Å². The molecule has 10 heteroatoms. The lowest BCUT2D eigenvalue weighted by atomic mass is 10.1. The molecule has 0 spiro atoms. The Bertz CT molecular complexity index is 769. The molecule has 1 fully saturated rings. The molecule has 1 aliphatic rings. The standard InChI is InChI=1S/C18H22N2O8/c1-18(2,3)28-17(24)19-9-13(21)8-14(19)16(23)27-10-15(22)11-4-6-12(7-5-11)20(25)26/h4-7,13-14,21H,8-10H2,1-3H3/t13-,14-/m0/s1. The van der Waals surface area contributed by atoms with Crippen molar-refractivity contribution in [3.05, 3.63) is 39.9 Å². The maximum atomic E-state index is 12.3. The molecule has 1 N–H and O–H groups in total. The van der Waals surface area contributed by atoms with Crippen LogP contribution in [0.25, 0.3) is 0 Å². The third-order valence-electron chi connectivity index (χ3n) is 3.92. The molecule has 0 aromatic heterocycles. The Labute approximate surface area is 161 Å². The van der Waals surface area contributed by atoms with Crippen molar-refractivity contribution in [1.82, 2.24) is 4.90 Å². The van der Waals surface area contributed by atoms with E-state index in [9.17, 15) is 29.6 Å². The Hall–Kier alpha value is -3.01. The highest BCUT2D eigenvalue weighted by Gasteiger charge is 2.42. The van der Waals surface area contributed by atoms with E-state index in [0.717, 1.165) is 4.90 Å². The maximum absolute atomic E-state index is 12.3. The van der Waals surface area contributed by atoms with Crippen LogP contribution in [0.4, 0.5) is 10.5 Å². The summed E-state index contributed by atoms with van der Waals surface area (Å²) in [6.45, 7) is 4.35. The number of rotatable bonds is 5. The molecule has 0 aliphatic carbocycles. The van der Waals surface area contributed by atoms with Gasteiger partial charge in [-0.2, -0.15) is 0 Å². The van der Waals surface area contributed by atoms with Crippen molar-refractivity contribution in [3.63, 3.8) is 0 Å². The van der Waals surface area contributed by atoms with E-state index < -0.39 is 47.1 Å². The first-order valence-corrected chi connectivity index (χ1v) is 8.60. The van der Waals surface area contributed by atoms with Crippen molar-refractivity contribution in [2.45, 2.75) is 44.9 Å². The molecule has 1 aliphatic heterocycles. The molecule has 1 aromatic carbocycles. The lowest BCUT2D eigenvalue weighted by Gasteiger charge is -2.27. The average molecular weight is 394 g/mol. The van der Waals surface area contributed by atoms with Gasteiger partial charge in [0.15, 0.2) is 12.4 Å². The quantitative estimate of drug-likeness (QED) is 0.345. The second kappa shape index (κ2) is 8.34. The number of benzene rings is 1. The summed E-state index contributed by atoms with van der Waals surface area (Å²) in [6, 6.07) is 3.81. The zero-order chi connectivity index (χ0) is 21.1. The molecule has 0 saturated carbocycles. The molecule has 1 aromatic rings. The van der Waals surface area contributed by atoms with E-state index in [2.05, 4.69) is 0 Å². The summed E-state index contributed by atoms with van der Waals surface area (Å²) in [5.41, 5.74) is -0.791. The fourth-order valence-electron chi connectivity index (χ4n) is 2.64. The van der Waals surface area contributed by atoms with Gasteiger partial charge in [-0.15, -0.1) is 0 Å². The van der Waals surface area contributed by atoms with Gasteiger partial charge in [-0.1, -0.05) is 0 Å². The van der Waals surface area contributed by atoms with Crippen LogP contribution < -0.4 is 0 Å². The number of likely N-dealkylation sites (tertiary alicyclic amines) is 1. The van der Waals surface area contributed by atoms with Crippen molar-refractivity contribution < 1.29 is 33.9 Å². The van der Waals surface area contributed by atoms with Gasteiger partial charge in [-0.3, -0.25) is 19.8 Å². The topological polar surface area (TPSA) is 136 Å². The van der Waals surface area contributed by atoms with Gasteiger partial charge in [-0.25, -0.2) is 9.59 Å². The number of ketones is 1. The van der Waals surface area contributed by atoms with Crippen LogP contribution in [0, 0.1) is 10.1 Å². The van der Waals surface area contributed by atoms with Crippen LogP contribution in [0.15, 0.2) is 24.3 Å². The van der Waals surface area contributed by atoms with Gasteiger partial charge in [0.25, 0.3) is 5.69 Å². The molecule has 28 heavy (non-hydrogen) atoms. The number of carbonyl (C=O) groups excluding carboxylic acids is 3. The normalized spacial score (nSPS) is 19.2. The monoisotopic (exact) mass is 394 g/mol. The number of Topliss-reactive ketones (excluding diaryl/α,β-unsaturated/α-hetero) is 1. The molecule has 0 radical (unpaired) electrons. The number of hydrogen-bond donors (Lipinski definition) is 1. The van der Waals surface area contributed by atoms with Crippen molar-refractivity contribution in [3.8, 4) is 0 Å². The summed E-state index contributed by atoms with van der Waals surface area (Å²) < 4.78 is 10.2. The van der Waals surface area contributed by atoms with E-state index >= 15 is 0 Å². The third kappa shape index (κ3) is 5.49. The molecular weight excluding hydrogens is 372 g/mol. The molecule has 1 saturated heterocycles. The first-order valence-electron chi connectivity index (χ1n) is 8.60. The molecular formula is C18H22N2O8. The number of nitro benzene ring substituents is 1. The zero-order valence-electron chi connectivity index (χ0n) is 15.8. The van der Waals surface area contributed by atoms with Gasteiger partial charge in [-0.05, 0) is 32.9 Å². The Morgan fingerprint density at radius 2 is 1.86 bits per heavy atom. The Morgan fingerprint density at radius 1 is 1.25 bits per heavy atom. The average Bonchev–Trinajstić information content (AvgIpc) is 3.00. The predicted octanol–water partition coefficient (Wildman–Crippen LogP) is 1.69. The van der Waals surface area contributed by atoms with E-state index in [1.807, 2.05) is 0 Å². The highest BCUT2D eigenvalue weighted by atomic mass is 16.6. The van der Waals surface area contributed by atoms with E-state index in [-0.39, 0.29) is 24.2 Å². The van der Waals surface area contributed by atoms with Crippen molar-refractivity contribution in [1.29, 1.82) is 0 Å². The van der Waals surface area contributed by atoms with E-state index in [1.54, 1.807) is 20.8 Å². The minimum absolute atomic E-state index is 0.0240. The van der Waals surface area contributed by atoms with Crippen LogP contribution in [-0.2, 0) is 14.3 Å². The van der Waals surface area contributed by atoms with Crippen LogP contribution in [0.2, 0.25) is 0 Å². The van der Waals surface area contributed by atoms with Gasteiger partial charge < -0.3 is 14.6 Å². The second-order valence-electron chi connectivity index (χ2n) is 7.37. The van der Waals surface area contributed by atoms with Gasteiger partial charge in [0.2, 0.25) is 0 Å². The summed E-state index contributed by atoms with van der Waals surface area (Å²) >= 11 is 0. The molecule has 0 bridgehead atoms. The van der Waals surface area contributed by atoms with Crippen LogP contribution in [0.1, 0.15) is 37.6 Å². The maximum Gasteiger partial charge on any atom is 0.411 e. The molecule has 10 nitrogen and oxygen atoms in total. The minimum atomic E-state index is -1.06. The van der Waals surface area contributed by atoms with Crippen LogP contribution in [0.5, 0.6) is 0 Å². The van der Waals surface area contributed by atoms with Crippen LogP contribution >= 0.6 is 0 Å². The number of aliphatic hydroxyl groups is 1. The highest BCUT2D eigenvalue weighted by Crippen LogP contribution is 2.22. The molecule has 1 heterocycles. The van der Waals surface area contributed by atoms with Gasteiger partial charge in [0.05, 0.1) is 17.6 Å². The smallest absolute Gasteiger partial charge is 0.411 e. The van der Waals surface area contributed by atoms with E-state index in [1.165, 1.54) is 24.3 Å². The fourth-order valence-corrected chi connectivity index (χ4v) is 2.64. The van der Waals surface area contributed by atoms with Crippen molar-refractivity contribution in [2.24, 2.45) is 0 Å². The number of esters is 1. The number of nitro groups is 1. The highest BCUT2D eigenvalue weighted by molar-refractivity contribution is 5.98. The fraction of sp³-hybridized carbons (Fsp3) is 0.500. The lowest BCUT2D eigenvalue weighted by Crippen LogP contribution is -2.44.